The van der Waals surface area contributed by atoms with Crippen LogP contribution in [0, 0.1) is 0 Å². The van der Waals surface area contributed by atoms with Crippen molar-refractivity contribution in [2.75, 3.05) is 59.4 Å². The fourth-order valence-corrected chi connectivity index (χ4v) is 3.71. The van der Waals surface area contributed by atoms with Crippen LogP contribution >= 0.6 is 0 Å². The van der Waals surface area contributed by atoms with Crippen molar-refractivity contribution in [2.45, 2.75) is 26.2 Å². The number of para-hydroxylation sites is 1. The molecule has 0 amide bonds. The summed E-state index contributed by atoms with van der Waals surface area (Å²) in [5.74, 6) is 0.932. The van der Waals surface area contributed by atoms with Crippen LogP contribution in [-0.2, 0) is 6.42 Å². The van der Waals surface area contributed by atoms with Gasteiger partial charge >= 0.3 is 0 Å². The Hall–Kier alpha value is -2.05. The second-order valence-corrected chi connectivity index (χ2v) is 7.65. The first-order valence-corrected chi connectivity index (χ1v) is 10.7. The average Bonchev–Trinajstić information content (AvgIpc) is 3.12. The van der Waals surface area contributed by atoms with Crippen molar-refractivity contribution in [1.82, 2.24) is 25.4 Å². The molecule has 0 radical (unpaired) electrons. The number of hydrogen-bond donors (Lipinski definition) is 3. The molecule has 1 saturated heterocycles. The zero-order valence-corrected chi connectivity index (χ0v) is 17.5. The molecule has 0 atom stereocenters. The predicted octanol–water partition coefficient (Wildman–Crippen LogP) is 2.29. The number of benzene rings is 1. The number of nitrogens with zero attached hydrogens (tertiary/aromatic N) is 3. The van der Waals surface area contributed by atoms with Gasteiger partial charge in [-0.1, -0.05) is 18.2 Å². The third-order valence-electron chi connectivity index (χ3n) is 5.45. The maximum absolute atomic E-state index is 4.75. The van der Waals surface area contributed by atoms with Crippen molar-refractivity contribution in [2.24, 2.45) is 4.99 Å². The van der Waals surface area contributed by atoms with Crippen molar-refractivity contribution >= 4 is 16.9 Å². The Bertz CT molecular complexity index is 729. The van der Waals surface area contributed by atoms with E-state index in [1.54, 1.807) is 0 Å². The van der Waals surface area contributed by atoms with E-state index < -0.39 is 0 Å². The number of H-pyrrole nitrogens is 1. The molecule has 28 heavy (non-hydrogen) atoms. The highest BCUT2D eigenvalue weighted by molar-refractivity contribution is 5.83. The average molecular weight is 385 g/mol. The summed E-state index contributed by atoms with van der Waals surface area (Å²) < 4.78 is 0. The standard InChI is InChI=1S/C22H36N6/c1-3-23-22(24-11-6-7-13-28-16-14-27(2)15-17-28)25-12-10-19-18-26-21-9-5-4-8-20(19)21/h4-5,8-9,18,26H,3,6-7,10-17H2,1-2H3,(H2,23,24,25). The molecule has 1 aliphatic rings. The minimum Gasteiger partial charge on any atom is -0.361 e. The summed E-state index contributed by atoms with van der Waals surface area (Å²) in [5.41, 5.74) is 2.56. The largest absolute Gasteiger partial charge is 0.361 e. The topological polar surface area (TPSA) is 58.7 Å². The SMILES string of the molecule is CCNC(=NCCCCN1CCN(C)CC1)NCCc1c[nH]c2ccccc12. The summed E-state index contributed by atoms with van der Waals surface area (Å²) in [7, 11) is 2.21. The highest BCUT2D eigenvalue weighted by Gasteiger charge is 2.12. The number of likely N-dealkylation sites (N-methyl/N-ethyl adjacent to an activating group) is 1. The third-order valence-corrected chi connectivity index (χ3v) is 5.45. The number of hydrogen-bond acceptors (Lipinski definition) is 3. The van der Waals surface area contributed by atoms with Gasteiger partial charge in [-0.05, 0) is 51.4 Å². The molecule has 1 aromatic carbocycles. The molecule has 0 saturated carbocycles. The van der Waals surface area contributed by atoms with Crippen LogP contribution in [-0.4, -0.2) is 80.1 Å². The summed E-state index contributed by atoms with van der Waals surface area (Å²) in [6, 6.07) is 8.47. The number of piperazine rings is 1. The second kappa shape index (κ2) is 11.1. The summed E-state index contributed by atoms with van der Waals surface area (Å²) in [4.78, 5) is 13.1. The van der Waals surface area contributed by atoms with Crippen molar-refractivity contribution in [3.05, 3.63) is 36.0 Å². The van der Waals surface area contributed by atoms with Gasteiger partial charge in [0, 0.05) is 62.9 Å². The first kappa shape index (κ1) is 20.7. The molecule has 6 nitrogen and oxygen atoms in total. The van der Waals surface area contributed by atoms with Crippen LogP contribution in [0.4, 0.5) is 0 Å². The Morgan fingerprint density at radius 3 is 2.75 bits per heavy atom. The molecular formula is C22H36N6. The van der Waals surface area contributed by atoms with Gasteiger partial charge in [0.05, 0.1) is 0 Å². The van der Waals surface area contributed by atoms with Gasteiger partial charge in [-0.15, -0.1) is 0 Å². The molecule has 0 bridgehead atoms. The second-order valence-electron chi connectivity index (χ2n) is 7.65. The predicted molar refractivity (Wildman–Crippen MR) is 119 cm³/mol. The van der Waals surface area contributed by atoms with Gasteiger partial charge < -0.3 is 25.4 Å². The Morgan fingerprint density at radius 2 is 1.93 bits per heavy atom. The smallest absolute Gasteiger partial charge is 0.191 e. The molecule has 1 aliphatic heterocycles. The fourth-order valence-electron chi connectivity index (χ4n) is 3.71. The number of aromatic amines is 1. The summed E-state index contributed by atoms with van der Waals surface area (Å²) in [5, 5.41) is 8.15. The van der Waals surface area contributed by atoms with Crippen LogP contribution in [0.5, 0.6) is 0 Å². The highest BCUT2D eigenvalue weighted by Crippen LogP contribution is 2.17. The molecule has 2 heterocycles. The molecule has 0 unspecified atom stereocenters. The normalized spacial score (nSPS) is 16.6. The first-order valence-electron chi connectivity index (χ1n) is 10.7. The van der Waals surface area contributed by atoms with Crippen LogP contribution in [0.15, 0.2) is 35.5 Å². The molecule has 3 rings (SSSR count). The van der Waals surface area contributed by atoms with E-state index >= 15 is 0 Å². The lowest BCUT2D eigenvalue weighted by Crippen LogP contribution is -2.44. The molecule has 0 spiro atoms. The van der Waals surface area contributed by atoms with Crippen molar-refractivity contribution in [3.8, 4) is 0 Å². The Labute approximate surface area is 169 Å². The molecule has 6 heteroatoms. The monoisotopic (exact) mass is 384 g/mol. The Balaban J connectivity index is 1.36. The number of aliphatic imine (C=N–C) groups is 1. The molecule has 2 aromatic rings. The van der Waals surface area contributed by atoms with Gasteiger partial charge in [-0.3, -0.25) is 4.99 Å². The fraction of sp³-hybridized carbons (Fsp3) is 0.591. The van der Waals surface area contributed by atoms with Crippen LogP contribution in [0.1, 0.15) is 25.3 Å². The summed E-state index contributed by atoms with van der Waals surface area (Å²) in [6.45, 7) is 10.8. The zero-order valence-electron chi connectivity index (χ0n) is 17.5. The number of rotatable bonds is 9. The van der Waals surface area contributed by atoms with Crippen LogP contribution in [0.25, 0.3) is 10.9 Å². The number of unbranched alkanes of at least 4 members (excludes halogenated alkanes) is 1. The Kier molecular flexibility index (Phi) is 8.18. The summed E-state index contributed by atoms with van der Waals surface area (Å²) in [6.07, 6.45) is 5.47. The maximum atomic E-state index is 4.75. The lowest BCUT2D eigenvalue weighted by molar-refractivity contribution is 0.152. The van der Waals surface area contributed by atoms with E-state index in [4.69, 9.17) is 4.99 Å². The van der Waals surface area contributed by atoms with E-state index in [1.807, 2.05) is 0 Å². The van der Waals surface area contributed by atoms with Crippen molar-refractivity contribution in [1.29, 1.82) is 0 Å². The highest BCUT2D eigenvalue weighted by atomic mass is 15.2. The van der Waals surface area contributed by atoms with Gasteiger partial charge in [-0.2, -0.15) is 0 Å². The van der Waals surface area contributed by atoms with Gasteiger partial charge in [0.2, 0.25) is 0 Å². The van der Waals surface area contributed by atoms with Crippen LogP contribution < -0.4 is 10.6 Å². The number of guanidine groups is 1. The van der Waals surface area contributed by atoms with E-state index in [-0.39, 0.29) is 0 Å². The quantitative estimate of drug-likeness (QED) is 0.353. The van der Waals surface area contributed by atoms with E-state index in [0.717, 1.165) is 38.4 Å². The zero-order chi connectivity index (χ0) is 19.6. The molecule has 1 fully saturated rings. The van der Waals surface area contributed by atoms with E-state index in [1.165, 1.54) is 55.6 Å². The number of aromatic nitrogens is 1. The van der Waals surface area contributed by atoms with E-state index in [0.29, 0.717) is 0 Å². The minimum absolute atomic E-state index is 0.884. The van der Waals surface area contributed by atoms with E-state index in [2.05, 4.69) is 69.9 Å². The van der Waals surface area contributed by atoms with Gasteiger partial charge in [0.1, 0.15) is 0 Å². The van der Waals surface area contributed by atoms with Crippen LogP contribution in [0.3, 0.4) is 0 Å². The molecule has 3 N–H and O–H groups in total. The molecular weight excluding hydrogens is 348 g/mol. The lowest BCUT2D eigenvalue weighted by Gasteiger charge is -2.32. The van der Waals surface area contributed by atoms with Crippen LogP contribution in [0.2, 0.25) is 0 Å². The number of fused-ring (bicyclic) bond motifs is 1. The summed E-state index contributed by atoms with van der Waals surface area (Å²) >= 11 is 0. The van der Waals surface area contributed by atoms with Crippen molar-refractivity contribution < 1.29 is 0 Å². The molecule has 154 valence electrons. The molecule has 1 aromatic heterocycles. The van der Waals surface area contributed by atoms with Gasteiger partial charge in [-0.25, -0.2) is 0 Å². The Morgan fingerprint density at radius 1 is 1.11 bits per heavy atom. The van der Waals surface area contributed by atoms with Crippen molar-refractivity contribution in [3.63, 3.8) is 0 Å². The maximum Gasteiger partial charge on any atom is 0.191 e. The lowest BCUT2D eigenvalue weighted by atomic mass is 10.1. The third kappa shape index (κ3) is 6.24. The number of nitrogens with one attached hydrogen (secondary N) is 3. The molecule has 0 aliphatic carbocycles. The van der Waals surface area contributed by atoms with Gasteiger partial charge in [0.15, 0.2) is 5.96 Å². The minimum atomic E-state index is 0.884. The van der Waals surface area contributed by atoms with E-state index in [9.17, 15) is 0 Å². The van der Waals surface area contributed by atoms with Gasteiger partial charge in [0.25, 0.3) is 0 Å². The first-order chi connectivity index (χ1) is 13.8.